The number of unbranched alkanes of at least 4 members (excludes halogenated alkanes) is 4. The third kappa shape index (κ3) is 6.66. The summed E-state index contributed by atoms with van der Waals surface area (Å²) in [5, 5.41) is 8.91. The van der Waals surface area contributed by atoms with Crippen molar-refractivity contribution in [3.63, 3.8) is 0 Å². The van der Waals surface area contributed by atoms with Crippen molar-refractivity contribution in [1.29, 1.82) is 5.26 Å². The smallest absolute Gasteiger partial charge is 0.141 e. The average Bonchev–Trinajstić information content (AvgIpc) is 2.79. The standard InChI is InChI=1S/C27H37F2N/c28-18-6-4-2-1-3-5-7-21-8-10-22(11-9-21)23-12-14-24(15-13-23)25-16-17-26(20-30)27(29)19-25/h6,16-19,21-24H,1-5,7-15H2/b18-6+/t21-,22-,23-,24-. The monoisotopic (exact) mass is 413 g/mol. The second-order valence-electron chi connectivity index (χ2n) is 9.60. The third-order valence-corrected chi connectivity index (χ3v) is 7.74. The van der Waals surface area contributed by atoms with Gasteiger partial charge in [-0.25, -0.2) is 8.78 Å². The first kappa shape index (κ1) is 23.0. The molecule has 3 rings (SSSR count). The van der Waals surface area contributed by atoms with E-state index in [1.54, 1.807) is 18.2 Å². The molecule has 0 radical (unpaired) electrons. The van der Waals surface area contributed by atoms with Crippen LogP contribution in [0.3, 0.4) is 0 Å². The van der Waals surface area contributed by atoms with E-state index >= 15 is 0 Å². The molecule has 0 saturated heterocycles. The first-order chi connectivity index (χ1) is 14.7. The summed E-state index contributed by atoms with van der Waals surface area (Å²) in [7, 11) is 0. The van der Waals surface area contributed by atoms with Crippen LogP contribution in [0.5, 0.6) is 0 Å². The van der Waals surface area contributed by atoms with Gasteiger partial charge in [0.1, 0.15) is 11.9 Å². The molecule has 0 N–H and O–H groups in total. The van der Waals surface area contributed by atoms with Gasteiger partial charge in [-0.1, -0.05) is 50.7 Å². The summed E-state index contributed by atoms with van der Waals surface area (Å²) < 4.78 is 25.9. The molecule has 1 aromatic rings. The molecule has 164 valence electrons. The quantitative estimate of drug-likeness (QED) is 0.372. The Bertz CT molecular complexity index is 704. The first-order valence-electron chi connectivity index (χ1n) is 12.2. The maximum Gasteiger partial charge on any atom is 0.141 e. The molecule has 2 aliphatic rings. The Balaban J connectivity index is 1.33. The fourth-order valence-corrected chi connectivity index (χ4v) is 5.86. The van der Waals surface area contributed by atoms with Gasteiger partial charge >= 0.3 is 0 Å². The van der Waals surface area contributed by atoms with Gasteiger partial charge < -0.3 is 0 Å². The zero-order chi connectivity index (χ0) is 21.2. The van der Waals surface area contributed by atoms with Crippen molar-refractivity contribution < 1.29 is 8.78 Å². The van der Waals surface area contributed by atoms with E-state index in [0.29, 0.717) is 12.2 Å². The zero-order valence-corrected chi connectivity index (χ0v) is 18.3. The van der Waals surface area contributed by atoms with Crippen molar-refractivity contribution in [3.8, 4) is 6.07 Å². The zero-order valence-electron chi connectivity index (χ0n) is 18.3. The van der Waals surface area contributed by atoms with Gasteiger partial charge in [-0.2, -0.15) is 5.26 Å². The Morgan fingerprint density at radius 3 is 2.20 bits per heavy atom. The Morgan fingerprint density at radius 1 is 0.900 bits per heavy atom. The number of nitrogens with zero attached hydrogens (tertiary/aromatic N) is 1. The second kappa shape index (κ2) is 12.2. The van der Waals surface area contributed by atoms with Gasteiger partial charge in [0.05, 0.1) is 11.9 Å². The van der Waals surface area contributed by atoms with Crippen LogP contribution < -0.4 is 0 Å². The highest BCUT2D eigenvalue weighted by Crippen LogP contribution is 2.44. The molecular weight excluding hydrogens is 376 g/mol. The number of nitriles is 1. The lowest BCUT2D eigenvalue weighted by molar-refractivity contribution is 0.155. The third-order valence-electron chi connectivity index (χ3n) is 7.74. The van der Waals surface area contributed by atoms with Gasteiger partial charge in [0.25, 0.3) is 0 Å². The number of hydrogen-bond acceptors (Lipinski definition) is 1. The van der Waals surface area contributed by atoms with Crippen LogP contribution in [-0.4, -0.2) is 0 Å². The van der Waals surface area contributed by atoms with E-state index in [1.807, 2.05) is 12.1 Å². The molecule has 0 spiro atoms. The Labute approximate surface area is 181 Å². The average molecular weight is 414 g/mol. The lowest BCUT2D eigenvalue weighted by Gasteiger charge is -2.38. The van der Waals surface area contributed by atoms with Gasteiger partial charge in [-0.3, -0.25) is 0 Å². The maximum absolute atomic E-state index is 14.0. The molecule has 0 unspecified atom stereocenters. The van der Waals surface area contributed by atoms with E-state index < -0.39 is 0 Å². The number of halogens is 2. The fraction of sp³-hybridized carbons (Fsp3) is 0.667. The van der Waals surface area contributed by atoms with Crippen molar-refractivity contribution >= 4 is 0 Å². The van der Waals surface area contributed by atoms with Crippen molar-refractivity contribution in [2.45, 2.75) is 95.8 Å². The summed E-state index contributed by atoms with van der Waals surface area (Å²) in [5.74, 6) is 2.76. The SMILES string of the molecule is N#Cc1ccc([C@H]2CC[C@H]([C@H]3CC[C@H](CCCCCC/C=C/F)CC3)CC2)cc1F. The van der Waals surface area contributed by atoms with Crippen LogP contribution in [0.4, 0.5) is 8.78 Å². The van der Waals surface area contributed by atoms with Gasteiger partial charge in [-0.15, -0.1) is 0 Å². The molecule has 0 aliphatic heterocycles. The molecule has 1 nitrogen and oxygen atoms in total. The first-order valence-corrected chi connectivity index (χ1v) is 12.2. The Kier molecular flexibility index (Phi) is 9.37. The molecule has 0 aromatic heterocycles. The summed E-state index contributed by atoms with van der Waals surface area (Å²) >= 11 is 0. The van der Waals surface area contributed by atoms with Crippen molar-refractivity contribution in [1.82, 2.24) is 0 Å². The molecule has 2 aliphatic carbocycles. The molecule has 0 atom stereocenters. The minimum absolute atomic E-state index is 0.151. The molecular formula is C27H37F2N. The topological polar surface area (TPSA) is 23.8 Å². The minimum atomic E-state index is -0.368. The van der Waals surface area contributed by atoms with Crippen molar-refractivity contribution in [2.24, 2.45) is 17.8 Å². The number of hydrogen-bond donors (Lipinski definition) is 0. The van der Waals surface area contributed by atoms with Crippen LogP contribution in [0.25, 0.3) is 0 Å². The summed E-state index contributed by atoms with van der Waals surface area (Å²) in [6, 6.07) is 7.10. The van der Waals surface area contributed by atoms with Gasteiger partial charge in [0.15, 0.2) is 0 Å². The molecule has 30 heavy (non-hydrogen) atoms. The van der Waals surface area contributed by atoms with Gasteiger partial charge in [0.2, 0.25) is 0 Å². The number of allylic oxidation sites excluding steroid dienone is 1. The molecule has 1 aromatic carbocycles. The lowest BCUT2D eigenvalue weighted by atomic mass is 9.68. The van der Waals surface area contributed by atoms with Gasteiger partial charge in [-0.05, 0) is 92.7 Å². The Morgan fingerprint density at radius 2 is 1.57 bits per heavy atom. The van der Waals surface area contributed by atoms with E-state index in [-0.39, 0.29) is 11.4 Å². The van der Waals surface area contributed by atoms with Crippen LogP contribution in [0.15, 0.2) is 30.6 Å². The van der Waals surface area contributed by atoms with Crippen molar-refractivity contribution in [3.05, 3.63) is 47.5 Å². The van der Waals surface area contributed by atoms with Crippen LogP contribution in [-0.2, 0) is 0 Å². The summed E-state index contributed by atoms with van der Waals surface area (Å²) in [6.07, 6.45) is 20.0. The van der Waals surface area contributed by atoms with E-state index in [2.05, 4.69) is 0 Å². The van der Waals surface area contributed by atoms with Crippen LogP contribution >= 0.6 is 0 Å². The summed E-state index contributed by atoms with van der Waals surface area (Å²) in [5.41, 5.74) is 1.23. The molecule has 0 heterocycles. The molecule has 2 fully saturated rings. The van der Waals surface area contributed by atoms with E-state index in [1.165, 1.54) is 64.2 Å². The predicted molar refractivity (Wildman–Crippen MR) is 119 cm³/mol. The minimum Gasteiger partial charge on any atom is -0.216 e. The van der Waals surface area contributed by atoms with Gasteiger partial charge in [0, 0.05) is 0 Å². The number of benzene rings is 1. The normalized spacial score (nSPS) is 27.2. The molecule has 3 heteroatoms. The van der Waals surface area contributed by atoms with Crippen molar-refractivity contribution in [2.75, 3.05) is 0 Å². The van der Waals surface area contributed by atoms with Crippen LogP contribution in [0, 0.1) is 34.9 Å². The summed E-state index contributed by atoms with van der Waals surface area (Å²) in [6.45, 7) is 0. The highest BCUT2D eigenvalue weighted by Gasteiger charge is 2.31. The molecule has 0 amide bonds. The molecule has 2 saturated carbocycles. The fourth-order valence-electron chi connectivity index (χ4n) is 5.86. The van der Waals surface area contributed by atoms with Crippen LogP contribution in [0.2, 0.25) is 0 Å². The molecule has 0 bridgehead atoms. The predicted octanol–water partition coefficient (Wildman–Crippen LogP) is 8.60. The van der Waals surface area contributed by atoms with Crippen LogP contribution in [0.1, 0.15) is 107 Å². The van der Waals surface area contributed by atoms with E-state index in [4.69, 9.17) is 5.26 Å². The number of rotatable bonds is 9. The van der Waals surface area contributed by atoms with E-state index in [0.717, 1.165) is 49.0 Å². The largest absolute Gasteiger partial charge is 0.216 e. The van der Waals surface area contributed by atoms with E-state index in [9.17, 15) is 8.78 Å². The highest BCUT2D eigenvalue weighted by molar-refractivity contribution is 5.34. The lowest BCUT2D eigenvalue weighted by Crippen LogP contribution is -2.25. The Hall–Kier alpha value is -1.69. The highest BCUT2D eigenvalue weighted by atomic mass is 19.1. The summed E-state index contributed by atoms with van der Waals surface area (Å²) in [4.78, 5) is 0. The second-order valence-corrected chi connectivity index (χ2v) is 9.60. The maximum atomic E-state index is 14.0.